The molecule has 138 valence electrons. The molecular weight excluding hydrogens is 384 g/mol. The highest BCUT2D eigenvalue weighted by atomic mass is 35.5. The van der Waals surface area contributed by atoms with Crippen LogP contribution < -0.4 is 9.47 Å². The van der Waals surface area contributed by atoms with E-state index in [0.717, 1.165) is 0 Å². The van der Waals surface area contributed by atoms with Gasteiger partial charge in [-0.15, -0.1) is 0 Å². The van der Waals surface area contributed by atoms with E-state index in [4.69, 9.17) is 21.1 Å². The minimum Gasteiger partial charge on any atom is -0.497 e. The third kappa shape index (κ3) is 4.99. The van der Waals surface area contributed by atoms with Crippen molar-refractivity contribution in [2.24, 2.45) is 0 Å². The van der Waals surface area contributed by atoms with Crippen LogP contribution in [0.4, 0.5) is 0 Å². The molecule has 0 fully saturated rings. The zero-order valence-electron chi connectivity index (χ0n) is 14.8. The monoisotopic (exact) mass is 400 g/mol. The van der Waals surface area contributed by atoms with Crippen molar-refractivity contribution in [1.82, 2.24) is 9.97 Å². The van der Waals surface area contributed by atoms with Crippen LogP contribution in [0.2, 0.25) is 5.02 Å². The molecule has 0 atom stereocenters. The number of benzene rings is 2. The fraction of sp³-hybridized carbons (Fsp3) is 0.150. The highest BCUT2D eigenvalue weighted by molar-refractivity contribution is 7.98. The van der Waals surface area contributed by atoms with Crippen LogP contribution in [0.5, 0.6) is 11.5 Å². The van der Waals surface area contributed by atoms with Crippen molar-refractivity contribution in [3.05, 3.63) is 76.6 Å². The lowest BCUT2D eigenvalue weighted by Gasteiger charge is -2.08. The average molecular weight is 401 g/mol. The van der Waals surface area contributed by atoms with Gasteiger partial charge >= 0.3 is 5.97 Å². The number of ether oxygens (including phenoxy) is 2. The maximum Gasteiger partial charge on any atom is 0.364 e. The topological polar surface area (TPSA) is 61.3 Å². The number of methoxy groups -OCH3 is 1. The largest absolute Gasteiger partial charge is 0.497 e. The number of hydrogen-bond donors (Lipinski definition) is 0. The molecule has 27 heavy (non-hydrogen) atoms. The minimum atomic E-state index is -0.634. The molecule has 0 spiro atoms. The van der Waals surface area contributed by atoms with E-state index < -0.39 is 5.97 Å². The zero-order valence-corrected chi connectivity index (χ0v) is 16.4. The van der Waals surface area contributed by atoms with Crippen LogP contribution in [-0.4, -0.2) is 23.0 Å². The van der Waals surface area contributed by atoms with Gasteiger partial charge in [0.1, 0.15) is 11.5 Å². The second-order valence-corrected chi connectivity index (χ2v) is 6.98. The van der Waals surface area contributed by atoms with Crippen LogP contribution in [0.25, 0.3) is 0 Å². The summed E-state index contributed by atoms with van der Waals surface area (Å²) in [5.74, 6) is 1.11. The summed E-state index contributed by atoms with van der Waals surface area (Å²) in [6.45, 7) is 2.05. The Kier molecular flexibility index (Phi) is 6.32. The lowest BCUT2D eigenvalue weighted by atomic mass is 10.1. The Balaban J connectivity index is 1.72. The average Bonchev–Trinajstić information content (AvgIpc) is 2.69. The van der Waals surface area contributed by atoms with E-state index in [1.165, 1.54) is 29.1 Å². The van der Waals surface area contributed by atoms with E-state index in [0.29, 0.717) is 22.4 Å². The number of nitrogens with zero attached hydrogens (tertiary/aromatic N) is 2. The standard InChI is InChI=1S/C20H17ClN2O3S/c1-13-5-3-4-6-14(13)12-27-20-22-11-17(21)18(23-20)19(24)26-16-9-7-15(25-2)8-10-16/h3-11H,12H2,1-2H3. The Morgan fingerprint density at radius 1 is 1.11 bits per heavy atom. The van der Waals surface area contributed by atoms with E-state index in [1.807, 2.05) is 12.1 Å². The smallest absolute Gasteiger partial charge is 0.364 e. The van der Waals surface area contributed by atoms with Gasteiger partial charge in [0.25, 0.3) is 0 Å². The van der Waals surface area contributed by atoms with E-state index in [-0.39, 0.29) is 10.7 Å². The fourth-order valence-electron chi connectivity index (χ4n) is 2.28. The van der Waals surface area contributed by atoms with Crippen LogP contribution in [0.3, 0.4) is 0 Å². The molecule has 0 N–H and O–H groups in total. The van der Waals surface area contributed by atoms with Gasteiger partial charge in [0, 0.05) is 5.75 Å². The third-order valence-corrected chi connectivity index (χ3v) is 4.99. The van der Waals surface area contributed by atoms with Gasteiger partial charge in [-0.1, -0.05) is 47.6 Å². The summed E-state index contributed by atoms with van der Waals surface area (Å²) in [7, 11) is 1.57. The maximum absolute atomic E-state index is 12.4. The number of aryl methyl sites for hydroxylation is 1. The Labute approximate surface area is 166 Å². The molecule has 0 aliphatic heterocycles. The SMILES string of the molecule is COc1ccc(OC(=O)c2nc(SCc3ccccc3C)ncc2Cl)cc1. The molecule has 3 rings (SSSR count). The van der Waals surface area contributed by atoms with Gasteiger partial charge in [0.2, 0.25) is 0 Å². The highest BCUT2D eigenvalue weighted by Gasteiger charge is 2.17. The summed E-state index contributed by atoms with van der Waals surface area (Å²) in [4.78, 5) is 20.9. The third-order valence-electron chi connectivity index (χ3n) is 3.80. The van der Waals surface area contributed by atoms with Gasteiger partial charge in [-0.05, 0) is 42.3 Å². The van der Waals surface area contributed by atoms with Gasteiger partial charge in [0.05, 0.1) is 18.3 Å². The Bertz CT molecular complexity index is 948. The van der Waals surface area contributed by atoms with Crippen LogP contribution in [-0.2, 0) is 5.75 Å². The number of halogens is 1. The summed E-state index contributed by atoms with van der Waals surface area (Å²) in [5, 5.41) is 0.609. The summed E-state index contributed by atoms with van der Waals surface area (Å²) >= 11 is 7.53. The molecule has 3 aromatic rings. The lowest BCUT2D eigenvalue weighted by molar-refractivity contribution is 0.0727. The predicted octanol–water partition coefficient (Wildman–Crippen LogP) is 4.96. The van der Waals surface area contributed by atoms with Gasteiger partial charge < -0.3 is 9.47 Å². The Hall–Kier alpha value is -2.57. The lowest BCUT2D eigenvalue weighted by Crippen LogP contribution is -2.12. The molecule has 0 saturated carbocycles. The molecule has 0 unspecified atom stereocenters. The van der Waals surface area contributed by atoms with Gasteiger partial charge in [-0.3, -0.25) is 0 Å². The minimum absolute atomic E-state index is 0.0368. The van der Waals surface area contributed by atoms with E-state index in [1.54, 1.807) is 31.4 Å². The summed E-state index contributed by atoms with van der Waals surface area (Å²) in [5.41, 5.74) is 2.41. The predicted molar refractivity (Wildman–Crippen MR) is 106 cm³/mol. The molecule has 0 radical (unpaired) electrons. The number of rotatable bonds is 6. The summed E-state index contributed by atoms with van der Waals surface area (Å²) in [6.07, 6.45) is 1.42. The molecule has 5 nitrogen and oxygen atoms in total. The van der Waals surface area contributed by atoms with Gasteiger partial charge in [-0.2, -0.15) is 0 Å². The first-order valence-corrected chi connectivity index (χ1v) is 9.49. The van der Waals surface area contributed by atoms with Gasteiger partial charge in [-0.25, -0.2) is 14.8 Å². The van der Waals surface area contributed by atoms with Gasteiger partial charge in [0.15, 0.2) is 10.9 Å². The summed E-state index contributed by atoms with van der Waals surface area (Å²) < 4.78 is 10.4. The van der Waals surface area contributed by atoms with E-state index in [9.17, 15) is 4.79 Å². The first kappa shape index (κ1) is 19.2. The Morgan fingerprint density at radius 3 is 2.52 bits per heavy atom. The molecule has 7 heteroatoms. The normalized spacial score (nSPS) is 10.5. The molecule has 1 aromatic heterocycles. The van der Waals surface area contributed by atoms with Crippen LogP contribution in [0.15, 0.2) is 59.9 Å². The molecule has 0 amide bonds. The number of aromatic nitrogens is 2. The van der Waals surface area contributed by atoms with Crippen LogP contribution in [0, 0.1) is 6.92 Å². The van der Waals surface area contributed by atoms with Crippen molar-refractivity contribution in [3.8, 4) is 11.5 Å². The Morgan fingerprint density at radius 2 is 1.81 bits per heavy atom. The van der Waals surface area contributed by atoms with Crippen molar-refractivity contribution in [2.75, 3.05) is 7.11 Å². The zero-order chi connectivity index (χ0) is 19.2. The first-order chi connectivity index (χ1) is 13.1. The molecule has 2 aromatic carbocycles. The molecular formula is C20H17ClN2O3S. The molecule has 0 aliphatic rings. The number of carbonyl (C=O) groups excluding carboxylic acids is 1. The quantitative estimate of drug-likeness (QED) is 0.252. The van der Waals surface area contributed by atoms with Crippen molar-refractivity contribution < 1.29 is 14.3 Å². The highest BCUT2D eigenvalue weighted by Crippen LogP contribution is 2.24. The second kappa shape index (κ2) is 8.88. The van der Waals surface area contributed by atoms with Crippen molar-refractivity contribution in [3.63, 3.8) is 0 Å². The molecule has 0 bridgehead atoms. The molecule has 0 aliphatic carbocycles. The maximum atomic E-state index is 12.4. The number of carbonyl (C=O) groups is 1. The summed E-state index contributed by atoms with van der Waals surface area (Å²) in [6, 6.07) is 14.8. The van der Waals surface area contributed by atoms with Crippen molar-refractivity contribution in [1.29, 1.82) is 0 Å². The fourth-order valence-corrected chi connectivity index (χ4v) is 3.34. The van der Waals surface area contributed by atoms with E-state index >= 15 is 0 Å². The first-order valence-electron chi connectivity index (χ1n) is 8.13. The second-order valence-electron chi connectivity index (χ2n) is 5.63. The number of esters is 1. The van der Waals surface area contributed by atoms with Crippen molar-refractivity contribution >= 4 is 29.3 Å². The number of hydrogen-bond acceptors (Lipinski definition) is 6. The number of thioether (sulfide) groups is 1. The molecule has 1 heterocycles. The molecule has 0 saturated heterocycles. The van der Waals surface area contributed by atoms with Crippen molar-refractivity contribution in [2.45, 2.75) is 17.8 Å². The van der Waals surface area contributed by atoms with E-state index in [2.05, 4.69) is 29.0 Å². The van der Waals surface area contributed by atoms with Crippen LogP contribution >= 0.6 is 23.4 Å². The van der Waals surface area contributed by atoms with Crippen LogP contribution in [0.1, 0.15) is 21.6 Å².